The number of rotatable bonds is 2. The minimum atomic E-state index is -3.02. The van der Waals surface area contributed by atoms with Crippen LogP contribution in [0.4, 0.5) is 0 Å². The van der Waals surface area contributed by atoms with Crippen LogP contribution in [-0.4, -0.2) is 19.7 Å². The predicted molar refractivity (Wildman–Crippen MR) is 47.8 cm³/mol. The van der Waals surface area contributed by atoms with E-state index in [4.69, 9.17) is 11.6 Å². The molecule has 0 aliphatic carbocycles. The van der Waals surface area contributed by atoms with Crippen molar-refractivity contribution in [1.82, 2.24) is 4.98 Å². The van der Waals surface area contributed by atoms with Gasteiger partial charge in [0.1, 0.15) is 0 Å². The van der Waals surface area contributed by atoms with Crippen LogP contribution in [0.2, 0.25) is 5.02 Å². The first kappa shape index (κ1) is 9.48. The van der Waals surface area contributed by atoms with Gasteiger partial charge in [-0.25, -0.2) is 8.42 Å². The fourth-order valence-electron chi connectivity index (χ4n) is 0.799. The van der Waals surface area contributed by atoms with Crippen molar-refractivity contribution in [3.05, 3.63) is 29.0 Å². The molecule has 0 amide bonds. The van der Waals surface area contributed by atoms with E-state index in [0.717, 1.165) is 6.26 Å². The Kier molecular flexibility index (Phi) is 2.69. The van der Waals surface area contributed by atoms with Crippen molar-refractivity contribution in [2.45, 2.75) is 5.75 Å². The van der Waals surface area contributed by atoms with E-state index in [2.05, 4.69) is 4.98 Å². The summed E-state index contributed by atoms with van der Waals surface area (Å²) < 4.78 is 21.7. The lowest BCUT2D eigenvalue weighted by atomic mass is 10.3. The number of aromatic nitrogens is 1. The fraction of sp³-hybridized carbons (Fsp3) is 0.286. The highest BCUT2D eigenvalue weighted by atomic mass is 35.5. The maximum Gasteiger partial charge on any atom is 0.151 e. The molecule has 3 nitrogen and oxygen atoms in total. The molecule has 0 aliphatic heterocycles. The van der Waals surface area contributed by atoms with Crippen LogP contribution >= 0.6 is 11.6 Å². The molecule has 0 spiro atoms. The summed E-state index contributed by atoms with van der Waals surface area (Å²) in [6.45, 7) is 0. The van der Waals surface area contributed by atoms with E-state index in [1.807, 2.05) is 0 Å². The summed E-state index contributed by atoms with van der Waals surface area (Å²) in [6.07, 6.45) is 4.15. The molecule has 66 valence electrons. The van der Waals surface area contributed by atoms with Crippen molar-refractivity contribution in [3.63, 3.8) is 0 Å². The molecule has 1 rings (SSSR count). The summed E-state index contributed by atoms with van der Waals surface area (Å²) in [7, 11) is -3.02. The van der Waals surface area contributed by atoms with Crippen LogP contribution in [0.25, 0.3) is 0 Å². The molecular formula is C7H8ClNO2S. The molecule has 0 fully saturated rings. The van der Waals surface area contributed by atoms with Gasteiger partial charge in [-0.15, -0.1) is 0 Å². The van der Waals surface area contributed by atoms with E-state index >= 15 is 0 Å². The van der Waals surface area contributed by atoms with Gasteiger partial charge in [0.05, 0.1) is 5.75 Å². The van der Waals surface area contributed by atoms with Crippen molar-refractivity contribution >= 4 is 21.4 Å². The Balaban J connectivity index is 2.98. The van der Waals surface area contributed by atoms with Gasteiger partial charge >= 0.3 is 0 Å². The number of pyridine rings is 1. The average molecular weight is 206 g/mol. The van der Waals surface area contributed by atoms with Gasteiger partial charge in [0.25, 0.3) is 0 Å². The maximum atomic E-state index is 10.9. The van der Waals surface area contributed by atoms with E-state index in [9.17, 15) is 8.42 Å². The Morgan fingerprint density at radius 2 is 2.25 bits per heavy atom. The van der Waals surface area contributed by atoms with E-state index in [1.165, 1.54) is 12.4 Å². The summed E-state index contributed by atoms with van der Waals surface area (Å²) in [5.41, 5.74) is 0.543. The quantitative estimate of drug-likeness (QED) is 0.731. The third-order valence-corrected chi connectivity index (χ3v) is 2.47. The predicted octanol–water partition coefficient (Wildman–Crippen LogP) is 1.28. The second-order valence-corrected chi connectivity index (χ2v) is 5.08. The van der Waals surface area contributed by atoms with Gasteiger partial charge in [-0.2, -0.15) is 0 Å². The van der Waals surface area contributed by atoms with Crippen molar-refractivity contribution in [2.24, 2.45) is 0 Å². The van der Waals surface area contributed by atoms with Gasteiger partial charge in [0, 0.05) is 29.2 Å². The molecule has 0 atom stereocenters. The van der Waals surface area contributed by atoms with Crippen LogP contribution in [0.15, 0.2) is 18.5 Å². The van der Waals surface area contributed by atoms with E-state index < -0.39 is 9.84 Å². The molecule has 1 heterocycles. The molecular weight excluding hydrogens is 198 g/mol. The van der Waals surface area contributed by atoms with Crippen molar-refractivity contribution in [3.8, 4) is 0 Å². The van der Waals surface area contributed by atoms with Crippen molar-refractivity contribution < 1.29 is 8.42 Å². The van der Waals surface area contributed by atoms with Gasteiger partial charge in [-0.1, -0.05) is 11.6 Å². The molecule has 0 aliphatic rings. The smallest absolute Gasteiger partial charge is 0.151 e. The third-order valence-electron chi connectivity index (χ3n) is 1.26. The molecule has 0 unspecified atom stereocenters. The largest absolute Gasteiger partial charge is 0.264 e. The number of hydrogen-bond acceptors (Lipinski definition) is 3. The van der Waals surface area contributed by atoms with Crippen LogP contribution in [0.3, 0.4) is 0 Å². The van der Waals surface area contributed by atoms with Crippen LogP contribution in [-0.2, 0) is 15.6 Å². The Hall–Kier alpha value is -0.610. The normalized spacial score (nSPS) is 11.5. The zero-order chi connectivity index (χ0) is 9.19. The highest BCUT2D eigenvalue weighted by molar-refractivity contribution is 7.89. The van der Waals surface area contributed by atoms with Gasteiger partial charge < -0.3 is 0 Å². The second kappa shape index (κ2) is 3.41. The third kappa shape index (κ3) is 2.79. The van der Waals surface area contributed by atoms with Gasteiger partial charge in [0.15, 0.2) is 9.84 Å². The first-order valence-electron chi connectivity index (χ1n) is 3.25. The minimum absolute atomic E-state index is 0.0559. The number of sulfone groups is 1. The molecule has 1 aromatic rings. The molecule has 5 heteroatoms. The Bertz CT molecular complexity index is 375. The van der Waals surface area contributed by atoms with E-state index in [-0.39, 0.29) is 5.75 Å². The maximum absolute atomic E-state index is 10.9. The molecule has 0 saturated heterocycles. The zero-order valence-corrected chi connectivity index (χ0v) is 8.06. The van der Waals surface area contributed by atoms with E-state index in [0.29, 0.717) is 10.6 Å². The topological polar surface area (TPSA) is 47.0 Å². The highest BCUT2D eigenvalue weighted by Crippen LogP contribution is 2.15. The van der Waals surface area contributed by atoms with E-state index in [1.54, 1.807) is 6.07 Å². The summed E-state index contributed by atoms with van der Waals surface area (Å²) in [6, 6.07) is 1.57. The molecule has 0 N–H and O–H groups in total. The Morgan fingerprint density at radius 1 is 1.58 bits per heavy atom. The first-order chi connectivity index (χ1) is 5.49. The molecule has 0 aromatic carbocycles. The van der Waals surface area contributed by atoms with Crippen molar-refractivity contribution in [1.29, 1.82) is 0 Å². The van der Waals surface area contributed by atoms with Crippen LogP contribution in [0, 0.1) is 0 Å². The van der Waals surface area contributed by atoms with Crippen molar-refractivity contribution in [2.75, 3.05) is 6.26 Å². The molecule has 1 aromatic heterocycles. The summed E-state index contributed by atoms with van der Waals surface area (Å²) >= 11 is 5.73. The standard InChI is InChI=1S/C7H8ClNO2S/c1-12(10,11)5-6-4-9-3-2-7(6)8/h2-4H,5H2,1H3. The SMILES string of the molecule is CS(=O)(=O)Cc1cnccc1Cl. The molecule has 0 saturated carbocycles. The molecule has 12 heavy (non-hydrogen) atoms. The Morgan fingerprint density at radius 3 is 2.75 bits per heavy atom. The lowest BCUT2D eigenvalue weighted by Gasteiger charge is -1.99. The highest BCUT2D eigenvalue weighted by Gasteiger charge is 2.07. The summed E-state index contributed by atoms with van der Waals surface area (Å²) in [5, 5.41) is 0.440. The fourth-order valence-corrected chi connectivity index (χ4v) is 1.85. The summed E-state index contributed by atoms with van der Waals surface area (Å²) in [4.78, 5) is 3.78. The monoisotopic (exact) mass is 205 g/mol. The average Bonchev–Trinajstić information content (AvgIpc) is 1.91. The zero-order valence-electron chi connectivity index (χ0n) is 6.49. The molecule has 0 radical (unpaired) electrons. The van der Waals surface area contributed by atoms with Crippen LogP contribution < -0.4 is 0 Å². The second-order valence-electron chi connectivity index (χ2n) is 2.54. The van der Waals surface area contributed by atoms with Crippen LogP contribution in [0.1, 0.15) is 5.56 Å². The summed E-state index contributed by atoms with van der Waals surface area (Å²) in [5.74, 6) is -0.0559. The number of nitrogens with zero attached hydrogens (tertiary/aromatic N) is 1. The first-order valence-corrected chi connectivity index (χ1v) is 5.69. The van der Waals surface area contributed by atoms with Gasteiger partial charge in [-0.05, 0) is 6.07 Å². The van der Waals surface area contributed by atoms with Gasteiger partial charge in [-0.3, -0.25) is 4.98 Å². The lowest BCUT2D eigenvalue weighted by Crippen LogP contribution is -2.01. The molecule has 0 bridgehead atoms. The van der Waals surface area contributed by atoms with Crippen LogP contribution in [0.5, 0.6) is 0 Å². The number of halogens is 1. The number of hydrogen-bond donors (Lipinski definition) is 0. The van der Waals surface area contributed by atoms with Gasteiger partial charge in [0.2, 0.25) is 0 Å². The minimum Gasteiger partial charge on any atom is -0.264 e. The Labute approximate surface area is 76.3 Å². The lowest BCUT2D eigenvalue weighted by molar-refractivity contribution is 0.601.